The summed E-state index contributed by atoms with van der Waals surface area (Å²) in [6.45, 7) is 6.41. The molecule has 2 aromatic carbocycles. The maximum atomic E-state index is 12.8. The summed E-state index contributed by atoms with van der Waals surface area (Å²) in [7, 11) is 0. The van der Waals surface area contributed by atoms with E-state index in [0.717, 1.165) is 36.1 Å². The van der Waals surface area contributed by atoms with E-state index in [9.17, 15) is 4.79 Å². The van der Waals surface area contributed by atoms with Crippen LogP contribution in [0.4, 0.5) is 0 Å². The molecular formula is C22H24N4OS. The third-order valence-electron chi connectivity index (χ3n) is 5.23. The van der Waals surface area contributed by atoms with Crippen molar-refractivity contribution in [3.63, 3.8) is 0 Å². The Morgan fingerprint density at radius 1 is 1.07 bits per heavy atom. The van der Waals surface area contributed by atoms with Crippen molar-refractivity contribution in [3.8, 4) is 11.4 Å². The van der Waals surface area contributed by atoms with Crippen molar-refractivity contribution < 1.29 is 4.79 Å². The minimum Gasteiger partial charge on any atom is -0.337 e. The van der Waals surface area contributed by atoms with E-state index in [0.29, 0.717) is 12.3 Å². The SMILES string of the molecule is CCn1c(SCC(=O)N2CCc3ccccc3C2)nnc1-c1ccccc1C. The summed E-state index contributed by atoms with van der Waals surface area (Å²) in [5.74, 6) is 1.40. The highest BCUT2D eigenvalue weighted by molar-refractivity contribution is 7.99. The molecule has 0 atom stereocenters. The van der Waals surface area contributed by atoms with Crippen LogP contribution in [0.1, 0.15) is 23.6 Å². The van der Waals surface area contributed by atoms with E-state index in [1.54, 1.807) is 0 Å². The average molecular weight is 393 g/mol. The molecule has 3 aromatic rings. The lowest BCUT2D eigenvalue weighted by atomic mass is 10.00. The van der Waals surface area contributed by atoms with E-state index in [-0.39, 0.29) is 5.91 Å². The van der Waals surface area contributed by atoms with Gasteiger partial charge in [-0.25, -0.2) is 0 Å². The first-order chi connectivity index (χ1) is 13.7. The number of benzene rings is 2. The maximum absolute atomic E-state index is 12.8. The second kappa shape index (κ2) is 8.19. The summed E-state index contributed by atoms with van der Waals surface area (Å²) in [6, 6.07) is 16.6. The Kier molecular flexibility index (Phi) is 5.48. The van der Waals surface area contributed by atoms with Crippen LogP contribution in [0.5, 0.6) is 0 Å². The molecule has 5 nitrogen and oxygen atoms in total. The molecule has 4 rings (SSSR count). The highest BCUT2D eigenvalue weighted by atomic mass is 32.2. The lowest BCUT2D eigenvalue weighted by molar-refractivity contribution is -0.129. The van der Waals surface area contributed by atoms with Crippen LogP contribution in [0.25, 0.3) is 11.4 Å². The molecule has 1 aliphatic rings. The molecule has 0 saturated carbocycles. The number of carbonyl (C=O) groups excluding carboxylic acids is 1. The van der Waals surface area contributed by atoms with Crippen molar-refractivity contribution in [1.82, 2.24) is 19.7 Å². The van der Waals surface area contributed by atoms with E-state index in [2.05, 4.69) is 58.9 Å². The van der Waals surface area contributed by atoms with Gasteiger partial charge in [0.05, 0.1) is 5.75 Å². The van der Waals surface area contributed by atoms with Gasteiger partial charge >= 0.3 is 0 Å². The fourth-order valence-corrected chi connectivity index (χ4v) is 4.53. The number of carbonyl (C=O) groups is 1. The first-order valence-corrected chi connectivity index (χ1v) is 10.6. The molecule has 1 aromatic heterocycles. The molecule has 0 saturated heterocycles. The van der Waals surface area contributed by atoms with E-state index in [4.69, 9.17) is 0 Å². The number of nitrogens with zero attached hydrogens (tertiary/aromatic N) is 4. The molecular weight excluding hydrogens is 368 g/mol. The van der Waals surface area contributed by atoms with Gasteiger partial charge in [0.25, 0.3) is 0 Å². The zero-order chi connectivity index (χ0) is 19.5. The average Bonchev–Trinajstić information content (AvgIpc) is 3.14. The quantitative estimate of drug-likeness (QED) is 0.617. The molecule has 1 amide bonds. The molecule has 6 heteroatoms. The standard InChI is InChI=1S/C22H24N4OS/c1-3-26-21(19-11-7-4-8-16(19)2)23-24-22(26)28-15-20(27)25-13-12-17-9-5-6-10-18(17)14-25/h4-11H,3,12-15H2,1-2H3. The predicted molar refractivity (Wildman–Crippen MR) is 112 cm³/mol. The monoisotopic (exact) mass is 392 g/mol. The van der Waals surface area contributed by atoms with Gasteiger partial charge in [-0.05, 0) is 37.0 Å². The van der Waals surface area contributed by atoms with Crippen molar-refractivity contribution >= 4 is 17.7 Å². The van der Waals surface area contributed by atoms with Gasteiger partial charge in [0.15, 0.2) is 11.0 Å². The van der Waals surface area contributed by atoms with Gasteiger partial charge in [0.1, 0.15) is 0 Å². The second-order valence-electron chi connectivity index (χ2n) is 6.99. The minimum absolute atomic E-state index is 0.155. The second-order valence-corrected chi connectivity index (χ2v) is 7.93. The third-order valence-corrected chi connectivity index (χ3v) is 6.18. The van der Waals surface area contributed by atoms with Gasteiger partial charge in [-0.1, -0.05) is 60.3 Å². The molecule has 0 aliphatic carbocycles. The largest absolute Gasteiger partial charge is 0.337 e. The summed E-state index contributed by atoms with van der Waals surface area (Å²) in [5.41, 5.74) is 4.87. The third kappa shape index (κ3) is 3.69. The Balaban J connectivity index is 1.46. The minimum atomic E-state index is 0.155. The molecule has 144 valence electrons. The highest BCUT2D eigenvalue weighted by Crippen LogP contribution is 2.27. The van der Waals surface area contributed by atoms with Crippen LogP contribution in [0.3, 0.4) is 0 Å². The lowest BCUT2D eigenvalue weighted by Gasteiger charge is -2.28. The Hall–Kier alpha value is -2.60. The van der Waals surface area contributed by atoms with Crippen LogP contribution >= 0.6 is 11.8 Å². The summed E-state index contributed by atoms with van der Waals surface area (Å²) < 4.78 is 2.09. The van der Waals surface area contributed by atoms with Gasteiger partial charge in [0.2, 0.25) is 5.91 Å². The summed E-state index contributed by atoms with van der Waals surface area (Å²) >= 11 is 1.47. The van der Waals surface area contributed by atoms with Crippen molar-refractivity contribution in [3.05, 3.63) is 65.2 Å². The van der Waals surface area contributed by atoms with E-state index < -0.39 is 0 Å². The number of hydrogen-bond acceptors (Lipinski definition) is 4. The molecule has 0 N–H and O–H groups in total. The number of thioether (sulfide) groups is 1. The van der Waals surface area contributed by atoms with Gasteiger partial charge in [-0.2, -0.15) is 0 Å². The molecule has 0 radical (unpaired) electrons. The zero-order valence-corrected chi connectivity index (χ0v) is 17.1. The number of aromatic nitrogens is 3. The van der Waals surface area contributed by atoms with Gasteiger partial charge < -0.3 is 9.47 Å². The maximum Gasteiger partial charge on any atom is 0.233 e. The van der Waals surface area contributed by atoms with E-state index in [1.807, 2.05) is 23.1 Å². The number of hydrogen-bond donors (Lipinski definition) is 0. The van der Waals surface area contributed by atoms with Crippen molar-refractivity contribution in [2.75, 3.05) is 12.3 Å². The van der Waals surface area contributed by atoms with E-state index >= 15 is 0 Å². The molecule has 0 bridgehead atoms. The van der Waals surface area contributed by atoms with Gasteiger partial charge in [0, 0.05) is 25.2 Å². The number of fused-ring (bicyclic) bond motifs is 1. The van der Waals surface area contributed by atoms with Gasteiger partial charge in [-0.15, -0.1) is 10.2 Å². The summed E-state index contributed by atoms with van der Waals surface area (Å²) in [5, 5.41) is 9.57. The van der Waals surface area contributed by atoms with Crippen LogP contribution < -0.4 is 0 Å². The number of aryl methyl sites for hydroxylation is 1. The Morgan fingerprint density at radius 2 is 1.82 bits per heavy atom. The molecule has 0 unspecified atom stereocenters. The lowest BCUT2D eigenvalue weighted by Crippen LogP contribution is -2.37. The molecule has 2 heterocycles. The normalized spacial score (nSPS) is 13.4. The molecule has 0 fully saturated rings. The van der Waals surface area contributed by atoms with Crippen molar-refractivity contribution in [1.29, 1.82) is 0 Å². The van der Waals surface area contributed by atoms with Crippen LogP contribution in [0, 0.1) is 6.92 Å². The smallest absolute Gasteiger partial charge is 0.233 e. The number of rotatable bonds is 5. The van der Waals surface area contributed by atoms with E-state index in [1.165, 1.54) is 28.5 Å². The van der Waals surface area contributed by atoms with Crippen LogP contribution in [-0.2, 0) is 24.3 Å². The van der Waals surface area contributed by atoms with Gasteiger partial charge in [-0.3, -0.25) is 4.79 Å². The zero-order valence-electron chi connectivity index (χ0n) is 16.3. The Bertz CT molecular complexity index is 998. The Labute approximate surface area is 169 Å². The van der Waals surface area contributed by atoms with Crippen LogP contribution in [0.15, 0.2) is 53.7 Å². The summed E-state index contributed by atoms with van der Waals surface area (Å²) in [6.07, 6.45) is 0.926. The topological polar surface area (TPSA) is 51.0 Å². The molecule has 1 aliphatic heterocycles. The van der Waals surface area contributed by atoms with Crippen LogP contribution in [-0.4, -0.2) is 37.9 Å². The highest BCUT2D eigenvalue weighted by Gasteiger charge is 2.22. The van der Waals surface area contributed by atoms with Crippen molar-refractivity contribution in [2.24, 2.45) is 0 Å². The first-order valence-electron chi connectivity index (χ1n) is 9.64. The van der Waals surface area contributed by atoms with Crippen molar-refractivity contribution in [2.45, 2.75) is 38.5 Å². The fraction of sp³-hybridized carbons (Fsp3) is 0.318. The Morgan fingerprint density at radius 3 is 2.61 bits per heavy atom. The first kappa shape index (κ1) is 18.7. The summed E-state index contributed by atoms with van der Waals surface area (Å²) in [4.78, 5) is 14.7. The fourth-order valence-electron chi connectivity index (χ4n) is 3.63. The molecule has 0 spiro atoms. The molecule has 28 heavy (non-hydrogen) atoms. The number of amides is 1. The van der Waals surface area contributed by atoms with Crippen LogP contribution in [0.2, 0.25) is 0 Å². The predicted octanol–water partition coefficient (Wildman–Crippen LogP) is 3.95.